The molecule has 0 saturated carbocycles. The molecule has 0 aliphatic heterocycles. The molecule has 0 spiro atoms. The van der Waals surface area contributed by atoms with Gasteiger partial charge in [-0.25, -0.2) is 0 Å². The molecule has 0 fully saturated rings. The standard InChI is InChI=1S/C15H17BrN2S/c1-17-13(10-12-6-8-18-9-7-12)11-19-15-5-3-2-4-14(15)16/h2-9,13,17H,10-11H2,1H3. The molecule has 0 aliphatic carbocycles. The second-order valence-electron chi connectivity index (χ2n) is 4.29. The summed E-state index contributed by atoms with van der Waals surface area (Å²) in [5.41, 5.74) is 1.32. The van der Waals surface area contributed by atoms with Gasteiger partial charge in [0.05, 0.1) is 0 Å². The van der Waals surface area contributed by atoms with Crippen LogP contribution in [0, 0.1) is 0 Å². The number of pyridine rings is 1. The molecule has 1 aromatic carbocycles. The summed E-state index contributed by atoms with van der Waals surface area (Å²) in [5, 5.41) is 3.38. The maximum Gasteiger partial charge on any atom is 0.0311 e. The van der Waals surface area contributed by atoms with E-state index in [4.69, 9.17) is 0 Å². The molecule has 2 nitrogen and oxygen atoms in total. The fourth-order valence-corrected chi connectivity index (χ4v) is 3.47. The monoisotopic (exact) mass is 336 g/mol. The number of nitrogens with zero attached hydrogens (tertiary/aromatic N) is 1. The van der Waals surface area contributed by atoms with Gasteiger partial charge >= 0.3 is 0 Å². The molecule has 1 N–H and O–H groups in total. The molecule has 2 aromatic rings. The average Bonchev–Trinajstić information content (AvgIpc) is 2.46. The quantitative estimate of drug-likeness (QED) is 0.813. The summed E-state index contributed by atoms with van der Waals surface area (Å²) in [4.78, 5) is 5.34. The minimum Gasteiger partial charge on any atom is -0.316 e. The van der Waals surface area contributed by atoms with E-state index in [0.29, 0.717) is 6.04 Å². The van der Waals surface area contributed by atoms with E-state index >= 15 is 0 Å². The second kappa shape index (κ2) is 7.68. The van der Waals surface area contributed by atoms with Crippen LogP contribution in [0.4, 0.5) is 0 Å². The normalized spacial score (nSPS) is 12.3. The lowest BCUT2D eigenvalue weighted by molar-refractivity contribution is 0.617. The zero-order valence-electron chi connectivity index (χ0n) is 10.8. The number of hydrogen-bond donors (Lipinski definition) is 1. The lowest BCUT2D eigenvalue weighted by Crippen LogP contribution is -2.30. The van der Waals surface area contributed by atoms with Crippen molar-refractivity contribution in [3.8, 4) is 0 Å². The van der Waals surface area contributed by atoms with Crippen molar-refractivity contribution in [2.75, 3.05) is 12.8 Å². The molecule has 1 unspecified atom stereocenters. The van der Waals surface area contributed by atoms with Crippen LogP contribution in [0.3, 0.4) is 0 Å². The van der Waals surface area contributed by atoms with Gasteiger partial charge in [-0.2, -0.15) is 0 Å². The van der Waals surface area contributed by atoms with E-state index in [1.54, 1.807) is 0 Å². The molecule has 4 heteroatoms. The Labute approximate surface area is 127 Å². The zero-order chi connectivity index (χ0) is 13.5. The number of benzene rings is 1. The predicted molar refractivity (Wildman–Crippen MR) is 85.7 cm³/mol. The molecule has 0 aliphatic rings. The zero-order valence-corrected chi connectivity index (χ0v) is 13.2. The fourth-order valence-electron chi connectivity index (χ4n) is 1.80. The largest absolute Gasteiger partial charge is 0.316 e. The van der Waals surface area contributed by atoms with Gasteiger partial charge in [0.2, 0.25) is 0 Å². The first-order chi connectivity index (χ1) is 9.29. The average molecular weight is 337 g/mol. The van der Waals surface area contributed by atoms with Crippen molar-refractivity contribution < 1.29 is 0 Å². The minimum atomic E-state index is 0.458. The Balaban J connectivity index is 1.91. The van der Waals surface area contributed by atoms with Crippen molar-refractivity contribution in [2.24, 2.45) is 0 Å². The van der Waals surface area contributed by atoms with E-state index in [2.05, 4.69) is 56.6 Å². The van der Waals surface area contributed by atoms with Gasteiger partial charge in [0.1, 0.15) is 0 Å². The second-order valence-corrected chi connectivity index (χ2v) is 6.20. The summed E-state index contributed by atoms with van der Waals surface area (Å²) >= 11 is 5.46. The van der Waals surface area contributed by atoms with Crippen LogP contribution in [0.25, 0.3) is 0 Å². The van der Waals surface area contributed by atoms with Gasteiger partial charge in [0.25, 0.3) is 0 Å². The highest BCUT2D eigenvalue weighted by atomic mass is 79.9. The van der Waals surface area contributed by atoms with Gasteiger partial charge in [0, 0.05) is 33.6 Å². The third-order valence-corrected chi connectivity index (χ3v) is 5.11. The van der Waals surface area contributed by atoms with Crippen LogP contribution in [0.2, 0.25) is 0 Å². The summed E-state index contributed by atoms with van der Waals surface area (Å²) < 4.78 is 1.17. The maximum atomic E-state index is 4.05. The van der Waals surface area contributed by atoms with Crippen molar-refractivity contribution in [1.29, 1.82) is 0 Å². The van der Waals surface area contributed by atoms with Gasteiger partial charge in [-0.05, 0) is 59.2 Å². The van der Waals surface area contributed by atoms with Crippen LogP contribution >= 0.6 is 27.7 Å². The topological polar surface area (TPSA) is 24.9 Å². The van der Waals surface area contributed by atoms with E-state index in [1.165, 1.54) is 14.9 Å². The number of aromatic nitrogens is 1. The van der Waals surface area contributed by atoms with Crippen LogP contribution in [0.5, 0.6) is 0 Å². The van der Waals surface area contributed by atoms with Gasteiger partial charge in [-0.3, -0.25) is 4.98 Å². The highest BCUT2D eigenvalue weighted by molar-refractivity contribution is 9.10. The molecule has 19 heavy (non-hydrogen) atoms. The number of nitrogens with one attached hydrogen (secondary N) is 1. The third kappa shape index (κ3) is 4.64. The highest BCUT2D eigenvalue weighted by Gasteiger charge is 2.09. The maximum absolute atomic E-state index is 4.05. The molecule has 0 bridgehead atoms. The van der Waals surface area contributed by atoms with E-state index in [9.17, 15) is 0 Å². The molecule has 0 radical (unpaired) electrons. The van der Waals surface area contributed by atoms with Crippen LogP contribution in [-0.4, -0.2) is 23.8 Å². The highest BCUT2D eigenvalue weighted by Crippen LogP contribution is 2.27. The molecule has 1 heterocycles. The molecule has 2 rings (SSSR count). The van der Waals surface area contributed by atoms with E-state index in [1.807, 2.05) is 37.3 Å². The van der Waals surface area contributed by atoms with Gasteiger partial charge < -0.3 is 5.32 Å². The van der Waals surface area contributed by atoms with Crippen molar-refractivity contribution >= 4 is 27.7 Å². The van der Waals surface area contributed by atoms with E-state index in [0.717, 1.165) is 12.2 Å². The van der Waals surface area contributed by atoms with Gasteiger partial charge in [-0.1, -0.05) is 12.1 Å². The molecule has 0 saturated heterocycles. The Morgan fingerprint density at radius 1 is 1.21 bits per heavy atom. The molecule has 1 aromatic heterocycles. The summed E-state index contributed by atoms with van der Waals surface area (Å²) in [6, 6.07) is 13.0. The van der Waals surface area contributed by atoms with Crippen molar-refractivity contribution in [2.45, 2.75) is 17.4 Å². The van der Waals surface area contributed by atoms with Gasteiger partial charge in [0.15, 0.2) is 0 Å². The summed E-state index contributed by atoms with van der Waals surface area (Å²) in [6.07, 6.45) is 4.72. The number of rotatable bonds is 6. The van der Waals surface area contributed by atoms with E-state index < -0.39 is 0 Å². The number of halogens is 1. The Bertz CT molecular complexity index is 505. The first-order valence-corrected chi connectivity index (χ1v) is 8.01. The van der Waals surface area contributed by atoms with Crippen molar-refractivity contribution in [3.05, 3.63) is 58.8 Å². The predicted octanol–water partition coefficient (Wildman–Crippen LogP) is 3.77. The lowest BCUT2D eigenvalue weighted by Gasteiger charge is -2.16. The van der Waals surface area contributed by atoms with Gasteiger partial charge in [-0.15, -0.1) is 11.8 Å². The molecule has 1 atom stereocenters. The summed E-state index contributed by atoms with van der Waals surface area (Å²) in [5.74, 6) is 1.04. The summed E-state index contributed by atoms with van der Waals surface area (Å²) in [7, 11) is 2.02. The Morgan fingerprint density at radius 3 is 2.63 bits per heavy atom. The van der Waals surface area contributed by atoms with Crippen LogP contribution < -0.4 is 5.32 Å². The third-order valence-electron chi connectivity index (χ3n) is 2.92. The fraction of sp³-hybridized carbons (Fsp3) is 0.267. The molecule has 0 amide bonds. The Kier molecular flexibility index (Phi) is 5.89. The Morgan fingerprint density at radius 2 is 1.95 bits per heavy atom. The molecular weight excluding hydrogens is 320 g/mol. The van der Waals surface area contributed by atoms with E-state index in [-0.39, 0.29) is 0 Å². The first kappa shape index (κ1) is 14.6. The summed E-state index contributed by atoms with van der Waals surface area (Å²) in [6.45, 7) is 0. The number of likely N-dealkylation sites (N-methyl/N-ethyl adjacent to an activating group) is 1. The smallest absolute Gasteiger partial charge is 0.0311 e. The number of hydrogen-bond acceptors (Lipinski definition) is 3. The number of thioether (sulfide) groups is 1. The molecular formula is C15H17BrN2S. The Hall–Kier alpha value is -0.840. The van der Waals surface area contributed by atoms with Crippen LogP contribution in [-0.2, 0) is 6.42 Å². The minimum absolute atomic E-state index is 0.458. The van der Waals surface area contributed by atoms with Crippen LogP contribution in [0.1, 0.15) is 5.56 Å². The van der Waals surface area contributed by atoms with Crippen molar-refractivity contribution in [3.63, 3.8) is 0 Å². The SMILES string of the molecule is CNC(CSc1ccccc1Br)Cc1ccncc1. The van der Waals surface area contributed by atoms with Crippen LogP contribution in [0.15, 0.2) is 58.2 Å². The lowest BCUT2D eigenvalue weighted by atomic mass is 10.1. The van der Waals surface area contributed by atoms with Crippen molar-refractivity contribution in [1.82, 2.24) is 10.3 Å². The molecule has 100 valence electrons. The first-order valence-electron chi connectivity index (χ1n) is 6.23.